The lowest BCUT2D eigenvalue weighted by Gasteiger charge is -2.34. The summed E-state index contributed by atoms with van der Waals surface area (Å²) in [6, 6.07) is 0. The van der Waals surface area contributed by atoms with Crippen molar-refractivity contribution in [3.8, 4) is 0 Å². The number of aliphatic hydroxyl groups excluding tert-OH is 1. The molecule has 0 atom stereocenters. The molecule has 9 nitrogen and oxygen atoms in total. The third-order valence-electron chi connectivity index (χ3n) is 9.90. The number of carbonyl (C=O) groups is 3. The van der Waals surface area contributed by atoms with Gasteiger partial charge >= 0.3 is 17.9 Å². The number of hydrogen-bond acceptors (Lipinski definition) is 9. The lowest BCUT2D eigenvalue weighted by Crippen LogP contribution is -2.47. The molecule has 1 saturated heterocycles. The van der Waals surface area contributed by atoms with E-state index in [4.69, 9.17) is 19.3 Å². The van der Waals surface area contributed by atoms with Gasteiger partial charge in [0.25, 0.3) is 6.10 Å². The molecule has 1 aliphatic rings. The van der Waals surface area contributed by atoms with Gasteiger partial charge in [-0.2, -0.15) is 0 Å². The number of ether oxygens (including phenoxy) is 3. The van der Waals surface area contributed by atoms with Gasteiger partial charge in [0.15, 0.2) is 0 Å². The molecule has 1 aliphatic heterocycles. The lowest BCUT2D eigenvalue weighted by molar-refractivity contribution is -0.180. The Hall–Kier alpha value is -1.71. The summed E-state index contributed by atoms with van der Waals surface area (Å²) in [6.07, 6.45) is 27.2. The molecule has 0 radical (unpaired) electrons. The van der Waals surface area contributed by atoms with Crippen LogP contribution in [-0.2, 0) is 28.6 Å². The van der Waals surface area contributed by atoms with Gasteiger partial charge < -0.3 is 24.2 Å². The molecule has 1 N–H and O–H groups in total. The van der Waals surface area contributed by atoms with Crippen LogP contribution in [0.15, 0.2) is 0 Å². The van der Waals surface area contributed by atoms with E-state index < -0.39 is 24.0 Å². The van der Waals surface area contributed by atoms with Crippen LogP contribution in [0.25, 0.3) is 0 Å². The molecule has 50 heavy (non-hydrogen) atoms. The topological polar surface area (TPSA) is 106 Å². The van der Waals surface area contributed by atoms with Gasteiger partial charge in [0.2, 0.25) is 0 Å². The molecule has 1 rings (SSSR count). The number of nitrogens with zero attached hydrogens (tertiary/aromatic N) is 2. The summed E-state index contributed by atoms with van der Waals surface area (Å²) in [5.74, 6) is -2.21. The van der Waals surface area contributed by atoms with Crippen molar-refractivity contribution in [3.63, 3.8) is 0 Å². The summed E-state index contributed by atoms with van der Waals surface area (Å²) >= 11 is 0. The van der Waals surface area contributed by atoms with Crippen molar-refractivity contribution in [2.75, 3.05) is 59.1 Å². The highest BCUT2D eigenvalue weighted by Crippen LogP contribution is 2.14. The number of unbranched alkanes of at least 4 members (excludes halogenated alkanes) is 22. The molecule has 294 valence electrons. The minimum atomic E-state index is -1.65. The quantitative estimate of drug-likeness (QED) is 0.0299. The molecule has 1 fully saturated rings. The number of hydrogen-bond donors (Lipinski definition) is 1. The third kappa shape index (κ3) is 27.0. The minimum Gasteiger partial charge on any atom is -0.462 e. The van der Waals surface area contributed by atoms with Crippen LogP contribution >= 0.6 is 0 Å². The van der Waals surface area contributed by atoms with Crippen LogP contribution < -0.4 is 0 Å². The molecule has 9 heteroatoms. The monoisotopic (exact) mass is 711 g/mol. The van der Waals surface area contributed by atoms with Gasteiger partial charge in [-0.25, -0.2) is 9.59 Å². The van der Waals surface area contributed by atoms with Crippen molar-refractivity contribution in [2.45, 2.75) is 187 Å². The Morgan fingerprint density at radius 1 is 0.500 bits per heavy atom. The second kappa shape index (κ2) is 34.4. The fraction of sp³-hybridized carbons (Fsp3) is 0.927. The number of esters is 3. The molecule has 0 amide bonds. The minimum absolute atomic E-state index is 0.151. The van der Waals surface area contributed by atoms with E-state index in [9.17, 15) is 14.4 Å². The number of piperazine rings is 1. The van der Waals surface area contributed by atoms with Crippen molar-refractivity contribution in [1.29, 1.82) is 0 Å². The second-order valence-corrected chi connectivity index (χ2v) is 14.5. The normalized spacial score (nSPS) is 13.9. The highest BCUT2D eigenvalue weighted by molar-refractivity contribution is 5.99. The van der Waals surface area contributed by atoms with E-state index in [2.05, 4.69) is 23.6 Å². The van der Waals surface area contributed by atoms with E-state index >= 15 is 0 Å². The maximum absolute atomic E-state index is 12.9. The molecule has 0 spiro atoms. The van der Waals surface area contributed by atoms with Gasteiger partial charge in [0.05, 0.1) is 19.8 Å². The predicted molar refractivity (Wildman–Crippen MR) is 203 cm³/mol. The molecule has 1 heterocycles. The Morgan fingerprint density at radius 3 is 1.26 bits per heavy atom. The summed E-state index contributed by atoms with van der Waals surface area (Å²) in [5, 5.41) is 9.12. The van der Waals surface area contributed by atoms with Crippen molar-refractivity contribution < 1.29 is 33.7 Å². The first-order valence-corrected chi connectivity index (χ1v) is 21.1. The van der Waals surface area contributed by atoms with Crippen LogP contribution in [0.3, 0.4) is 0 Å². The molecule has 0 aromatic rings. The first kappa shape index (κ1) is 46.3. The van der Waals surface area contributed by atoms with Crippen molar-refractivity contribution in [3.05, 3.63) is 0 Å². The van der Waals surface area contributed by atoms with Crippen LogP contribution in [0, 0.1) is 0 Å². The Morgan fingerprint density at radius 2 is 0.860 bits per heavy atom. The Bertz CT molecular complexity index is 764. The Kier molecular flexibility index (Phi) is 31.8. The van der Waals surface area contributed by atoms with E-state index in [1.54, 1.807) is 0 Å². The first-order chi connectivity index (χ1) is 24.5. The summed E-state index contributed by atoms with van der Waals surface area (Å²) < 4.78 is 16.2. The van der Waals surface area contributed by atoms with E-state index in [0.717, 1.165) is 90.6 Å². The number of rotatable bonds is 35. The second-order valence-electron chi connectivity index (χ2n) is 14.5. The molecule has 0 saturated carbocycles. The fourth-order valence-corrected chi connectivity index (χ4v) is 6.57. The predicted octanol–water partition coefficient (Wildman–Crippen LogP) is 8.78. The van der Waals surface area contributed by atoms with Gasteiger partial charge in [0.1, 0.15) is 0 Å². The largest absolute Gasteiger partial charge is 0.462 e. The summed E-state index contributed by atoms with van der Waals surface area (Å²) in [4.78, 5) is 43.2. The smallest absolute Gasteiger partial charge is 0.359 e. The highest BCUT2D eigenvalue weighted by Gasteiger charge is 2.34. The van der Waals surface area contributed by atoms with Crippen molar-refractivity contribution >= 4 is 17.9 Å². The van der Waals surface area contributed by atoms with E-state index in [1.165, 1.54) is 103 Å². The highest BCUT2D eigenvalue weighted by atomic mass is 16.6. The van der Waals surface area contributed by atoms with Gasteiger partial charge in [-0.1, -0.05) is 149 Å². The maximum Gasteiger partial charge on any atom is 0.359 e. The van der Waals surface area contributed by atoms with Crippen molar-refractivity contribution in [1.82, 2.24) is 9.80 Å². The van der Waals surface area contributed by atoms with Crippen LogP contribution in [0.4, 0.5) is 0 Å². The van der Waals surface area contributed by atoms with E-state index in [1.807, 2.05) is 0 Å². The fourth-order valence-electron chi connectivity index (χ4n) is 6.57. The molecular weight excluding hydrogens is 632 g/mol. The van der Waals surface area contributed by atoms with Gasteiger partial charge in [-0.05, 0) is 32.2 Å². The third-order valence-corrected chi connectivity index (χ3v) is 9.90. The zero-order valence-electron chi connectivity index (χ0n) is 32.6. The maximum atomic E-state index is 12.9. The van der Waals surface area contributed by atoms with Crippen LogP contribution in [0.2, 0.25) is 0 Å². The zero-order valence-corrected chi connectivity index (χ0v) is 32.6. The standard InChI is InChI=1S/C41H78N2O7/c1-3-5-7-9-11-13-15-17-19-21-26-36-48-40(46)39(41(47)49-37-27-22-20-18-16-14-12-10-8-6-4-2)50-38(45)28-24-23-25-29-42-30-32-43(33-31-42)34-35-44/h39,44H,3-37H2,1-2H3. The SMILES string of the molecule is CCCCCCCCCCCCCOC(=O)C(OC(=O)CCCCCN1CCN(CCO)CC1)C(=O)OCCCCCCCCCCCCC. The molecule has 0 bridgehead atoms. The van der Waals surface area contributed by atoms with Gasteiger partial charge in [-0.3, -0.25) is 9.69 Å². The Labute approximate surface area is 306 Å². The first-order valence-electron chi connectivity index (χ1n) is 21.1. The molecular formula is C41H78N2O7. The van der Waals surface area contributed by atoms with Crippen LogP contribution in [0.1, 0.15) is 181 Å². The summed E-state index contributed by atoms with van der Waals surface area (Å²) in [7, 11) is 0. The van der Waals surface area contributed by atoms with E-state index in [-0.39, 0.29) is 26.2 Å². The van der Waals surface area contributed by atoms with E-state index in [0.29, 0.717) is 6.42 Å². The van der Waals surface area contributed by atoms with Gasteiger partial charge in [0, 0.05) is 39.1 Å². The van der Waals surface area contributed by atoms with Gasteiger partial charge in [-0.15, -0.1) is 0 Å². The van der Waals surface area contributed by atoms with Crippen LogP contribution in [-0.4, -0.2) is 98.0 Å². The average Bonchev–Trinajstić information content (AvgIpc) is 3.12. The average molecular weight is 711 g/mol. The van der Waals surface area contributed by atoms with Crippen LogP contribution in [0.5, 0.6) is 0 Å². The molecule has 0 aromatic heterocycles. The number of aliphatic hydroxyl groups is 1. The lowest BCUT2D eigenvalue weighted by atomic mass is 10.1. The summed E-state index contributed by atoms with van der Waals surface area (Å²) in [6.45, 7) is 10.7. The molecule has 0 aromatic carbocycles. The number of β-amino-alcohol motifs (C(OH)–C–C–N with tert-alkyl or cyclic N) is 1. The molecule has 0 aliphatic carbocycles. The Balaban J connectivity index is 2.34. The zero-order chi connectivity index (χ0) is 36.3. The number of carbonyl (C=O) groups excluding carboxylic acids is 3. The molecule has 0 unspecified atom stereocenters. The summed E-state index contributed by atoms with van der Waals surface area (Å²) in [5.41, 5.74) is 0. The van der Waals surface area contributed by atoms with Crippen molar-refractivity contribution in [2.24, 2.45) is 0 Å².